The lowest BCUT2D eigenvalue weighted by molar-refractivity contribution is -0.121. The third-order valence-electron chi connectivity index (χ3n) is 3.09. The summed E-state index contributed by atoms with van der Waals surface area (Å²) >= 11 is 0. The first kappa shape index (κ1) is 14.5. The highest BCUT2D eigenvalue weighted by molar-refractivity contribution is 5.83. The molecule has 0 aliphatic heterocycles. The summed E-state index contributed by atoms with van der Waals surface area (Å²) in [7, 11) is 1.58. The monoisotopic (exact) mass is 280 g/mol. The number of carbonyl (C=O) groups excluding carboxylic acids is 1. The molecule has 7 nitrogen and oxygen atoms in total. The van der Waals surface area contributed by atoms with Crippen molar-refractivity contribution >= 4 is 11.7 Å². The van der Waals surface area contributed by atoms with Gasteiger partial charge in [0.05, 0.1) is 6.61 Å². The van der Waals surface area contributed by atoms with Gasteiger partial charge in [-0.25, -0.2) is 4.98 Å². The highest BCUT2D eigenvalue weighted by Gasteiger charge is 2.26. The molecule has 1 aromatic rings. The van der Waals surface area contributed by atoms with Crippen LogP contribution in [0.2, 0.25) is 0 Å². The molecule has 0 radical (unpaired) electrons. The third kappa shape index (κ3) is 4.06. The lowest BCUT2D eigenvalue weighted by atomic mass is 10.3. The highest BCUT2D eigenvalue weighted by atomic mass is 16.5. The summed E-state index contributed by atoms with van der Waals surface area (Å²) in [6.07, 6.45) is 2.11. The van der Waals surface area contributed by atoms with E-state index < -0.39 is 6.04 Å². The lowest BCUT2D eigenvalue weighted by Crippen LogP contribution is -2.39. The van der Waals surface area contributed by atoms with Crippen molar-refractivity contribution < 1.29 is 9.53 Å². The zero-order valence-electron chi connectivity index (χ0n) is 11.7. The zero-order valence-corrected chi connectivity index (χ0v) is 11.7. The summed E-state index contributed by atoms with van der Waals surface area (Å²) in [6.45, 7) is 2.65. The highest BCUT2D eigenvalue weighted by Crippen LogP contribution is 2.37. The van der Waals surface area contributed by atoms with Gasteiger partial charge in [-0.15, -0.1) is 0 Å². The van der Waals surface area contributed by atoms with Gasteiger partial charge >= 0.3 is 0 Å². The molecule has 0 spiro atoms. The fourth-order valence-corrected chi connectivity index (χ4v) is 1.82. The van der Waals surface area contributed by atoms with Crippen molar-refractivity contribution in [1.29, 1.82) is 0 Å². The van der Waals surface area contributed by atoms with Gasteiger partial charge in [0, 0.05) is 25.6 Å². The molecular weight excluding hydrogens is 260 g/mol. The Morgan fingerprint density at radius 1 is 1.60 bits per heavy atom. The van der Waals surface area contributed by atoms with Crippen molar-refractivity contribution in [2.75, 3.05) is 25.6 Å². The average Bonchev–Trinajstić information content (AvgIpc) is 3.22. The largest absolute Gasteiger partial charge is 0.383 e. The number of nitrogens with one attached hydrogen (secondary N) is 3. The quantitative estimate of drug-likeness (QED) is 0.620. The maximum absolute atomic E-state index is 11.8. The SMILES string of the molecule is COCCNC(=O)C(C)Nc1cc(=O)[nH]c(C2CC2)n1. The first-order valence-corrected chi connectivity index (χ1v) is 6.74. The van der Waals surface area contributed by atoms with Gasteiger partial charge in [-0.2, -0.15) is 0 Å². The van der Waals surface area contributed by atoms with Crippen molar-refractivity contribution in [3.8, 4) is 0 Å². The van der Waals surface area contributed by atoms with Gasteiger partial charge in [-0.05, 0) is 19.8 Å². The van der Waals surface area contributed by atoms with Crippen molar-refractivity contribution in [2.45, 2.75) is 31.7 Å². The number of H-pyrrole nitrogens is 1. The molecule has 1 aliphatic rings. The van der Waals surface area contributed by atoms with Gasteiger partial charge < -0.3 is 20.4 Å². The molecule has 2 rings (SSSR count). The van der Waals surface area contributed by atoms with Crippen molar-refractivity contribution in [1.82, 2.24) is 15.3 Å². The molecule has 1 unspecified atom stereocenters. The molecule has 1 amide bonds. The summed E-state index contributed by atoms with van der Waals surface area (Å²) in [5, 5.41) is 5.68. The minimum atomic E-state index is -0.465. The average molecular weight is 280 g/mol. The van der Waals surface area contributed by atoms with Crippen molar-refractivity contribution in [3.05, 3.63) is 22.2 Å². The summed E-state index contributed by atoms with van der Waals surface area (Å²) in [5.41, 5.74) is -0.198. The van der Waals surface area contributed by atoms with E-state index in [1.807, 2.05) is 0 Å². The van der Waals surface area contributed by atoms with Crippen molar-refractivity contribution in [3.63, 3.8) is 0 Å². The fourth-order valence-electron chi connectivity index (χ4n) is 1.82. The standard InChI is InChI=1S/C13H20N4O3/c1-8(13(19)14-5-6-20-2)15-10-7-11(18)17-12(16-10)9-3-4-9/h7-9H,3-6H2,1-2H3,(H,14,19)(H2,15,16,17,18). The van der Waals surface area contributed by atoms with Gasteiger partial charge in [0.25, 0.3) is 5.56 Å². The van der Waals surface area contributed by atoms with E-state index in [-0.39, 0.29) is 11.5 Å². The van der Waals surface area contributed by atoms with Crippen LogP contribution in [0.25, 0.3) is 0 Å². The Kier molecular flexibility index (Phi) is 4.73. The van der Waals surface area contributed by atoms with E-state index in [9.17, 15) is 9.59 Å². The molecule has 1 heterocycles. The molecule has 7 heteroatoms. The van der Waals surface area contributed by atoms with E-state index >= 15 is 0 Å². The Hall–Kier alpha value is -1.89. The summed E-state index contributed by atoms with van der Waals surface area (Å²) in [6, 6.07) is 0.901. The Morgan fingerprint density at radius 3 is 3.00 bits per heavy atom. The van der Waals surface area contributed by atoms with Crippen LogP contribution in [0.15, 0.2) is 10.9 Å². The smallest absolute Gasteiger partial charge is 0.252 e. The number of nitrogens with zero attached hydrogens (tertiary/aromatic N) is 1. The topological polar surface area (TPSA) is 96.1 Å². The van der Waals surface area contributed by atoms with Gasteiger partial charge in [-0.3, -0.25) is 9.59 Å². The molecule has 20 heavy (non-hydrogen) atoms. The van der Waals surface area contributed by atoms with Gasteiger partial charge in [0.1, 0.15) is 17.7 Å². The number of anilines is 1. The Bertz CT molecular complexity index is 525. The van der Waals surface area contributed by atoms with E-state index in [1.165, 1.54) is 6.07 Å². The van der Waals surface area contributed by atoms with Crippen LogP contribution in [0, 0.1) is 0 Å². The number of ether oxygens (including phenoxy) is 1. The minimum Gasteiger partial charge on any atom is -0.383 e. The Labute approximate surface area is 117 Å². The van der Waals surface area contributed by atoms with Gasteiger partial charge in [0.15, 0.2) is 0 Å². The Balaban J connectivity index is 1.94. The van der Waals surface area contributed by atoms with Crippen LogP contribution in [-0.2, 0) is 9.53 Å². The number of carbonyl (C=O) groups is 1. The molecule has 0 saturated heterocycles. The Morgan fingerprint density at radius 2 is 2.35 bits per heavy atom. The number of aromatic nitrogens is 2. The van der Waals surface area contributed by atoms with E-state index in [0.29, 0.717) is 30.7 Å². The summed E-state index contributed by atoms with van der Waals surface area (Å²) in [4.78, 5) is 30.4. The maximum atomic E-state index is 11.8. The summed E-state index contributed by atoms with van der Waals surface area (Å²) < 4.78 is 4.86. The molecule has 0 bridgehead atoms. The first-order chi connectivity index (χ1) is 9.60. The molecule has 110 valence electrons. The molecule has 1 saturated carbocycles. The second-order valence-corrected chi connectivity index (χ2v) is 4.94. The zero-order chi connectivity index (χ0) is 14.5. The lowest BCUT2D eigenvalue weighted by Gasteiger charge is -2.14. The number of aromatic amines is 1. The van der Waals surface area contributed by atoms with E-state index in [0.717, 1.165) is 12.8 Å². The number of amides is 1. The number of hydrogen-bond acceptors (Lipinski definition) is 5. The van der Waals surface area contributed by atoms with Gasteiger partial charge in [-0.1, -0.05) is 0 Å². The van der Waals surface area contributed by atoms with E-state index in [4.69, 9.17) is 4.74 Å². The number of hydrogen-bond donors (Lipinski definition) is 3. The van der Waals surface area contributed by atoms with Crippen LogP contribution in [0.5, 0.6) is 0 Å². The van der Waals surface area contributed by atoms with Crippen molar-refractivity contribution in [2.24, 2.45) is 0 Å². The minimum absolute atomic E-state index is 0.155. The maximum Gasteiger partial charge on any atom is 0.252 e. The second kappa shape index (κ2) is 6.51. The molecular formula is C13H20N4O3. The molecule has 3 N–H and O–H groups in total. The third-order valence-corrected chi connectivity index (χ3v) is 3.09. The van der Waals surface area contributed by atoms with Crippen LogP contribution < -0.4 is 16.2 Å². The van der Waals surface area contributed by atoms with Gasteiger partial charge in [0.2, 0.25) is 5.91 Å². The van der Waals surface area contributed by atoms with E-state index in [1.54, 1.807) is 14.0 Å². The van der Waals surface area contributed by atoms with E-state index in [2.05, 4.69) is 20.6 Å². The second-order valence-electron chi connectivity index (χ2n) is 4.94. The first-order valence-electron chi connectivity index (χ1n) is 6.74. The normalized spacial score (nSPS) is 15.7. The fraction of sp³-hybridized carbons (Fsp3) is 0.615. The number of rotatable bonds is 7. The molecule has 1 atom stereocenters. The van der Waals surface area contributed by atoms with Crippen LogP contribution in [0.3, 0.4) is 0 Å². The van der Waals surface area contributed by atoms with Crippen LogP contribution >= 0.6 is 0 Å². The molecule has 1 aliphatic carbocycles. The van der Waals surface area contributed by atoms with Crippen LogP contribution in [0.1, 0.15) is 31.5 Å². The predicted molar refractivity (Wildman–Crippen MR) is 74.8 cm³/mol. The molecule has 1 fully saturated rings. The molecule has 1 aromatic heterocycles. The van der Waals surface area contributed by atoms with Crippen LogP contribution in [-0.4, -0.2) is 42.2 Å². The van der Waals surface area contributed by atoms with Crippen LogP contribution in [0.4, 0.5) is 5.82 Å². The predicted octanol–water partition coefficient (Wildman–Crippen LogP) is 0.210. The number of methoxy groups -OCH3 is 1. The molecule has 0 aromatic carbocycles. The summed E-state index contributed by atoms with van der Waals surface area (Å²) in [5.74, 6) is 1.34.